The van der Waals surface area contributed by atoms with Crippen LogP contribution in [0.15, 0.2) is 48.6 Å². The van der Waals surface area contributed by atoms with Crippen LogP contribution in [0.3, 0.4) is 0 Å². The summed E-state index contributed by atoms with van der Waals surface area (Å²) in [4.78, 5) is 0. The van der Waals surface area contributed by atoms with E-state index in [1.807, 2.05) is 50.3 Å². The molecule has 0 aliphatic carbocycles. The lowest BCUT2D eigenvalue weighted by molar-refractivity contribution is 0.174. The number of aliphatic hydroxyl groups is 1. The first-order chi connectivity index (χ1) is 7.15. The molecule has 2 atom stereocenters. The van der Waals surface area contributed by atoms with Gasteiger partial charge in [0.25, 0.3) is 0 Å². The number of hydrogen-bond acceptors (Lipinski definition) is 1. The van der Waals surface area contributed by atoms with Crippen molar-refractivity contribution in [3.8, 4) is 0 Å². The Balaban J connectivity index is 2.80. The van der Waals surface area contributed by atoms with Crippen molar-refractivity contribution >= 4 is 6.08 Å². The fraction of sp³-hybridized carbons (Fsp3) is 0.286. The molecule has 1 aromatic carbocycles. The van der Waals surface area contributed by atoms with Gasteiger partial charge in [0, 0.05) is 5.92 Å². The summed E-state index contributed by atoms with van der Waals surface area (Å²) in [6.07, 6.45) is 3.33. The second kappa shape index (κ2) is 5.52. The van der Waals surface area contributed by atoms with Crippen molar-refractivity contribution in [1.29, 1.82) is 0 Å². The average Bonchev–Trinajstić information content (AvgIpc) is 2.28. The van der Waals surface area contributed by atoms with Gasteiger partial charge in [-0.3, -0.25) is 0 Å². The molecule has 0 saturated carbocycles. The largest absolute Gasteiger partial charge is 0.388 e. The van der Waals surface area contributed by atoms with E-state index < -0.39 is 6.10 Å². The summed E-state index contributed by atoms with van der Waals surface area (Å²) in [5.74, 6) is 0.0879. The monoisotopic (exact) mass is 202 g/mol. The van der Waals surface area contributed by atoms with E-state index in [0.717, 1.165) is 11.1 Å². The molecule has 15 heavy (non-hydrogen) atoms. The van der Waals surface area contributed by atoms with E-state index in [0.29, 0.717) is 0 Å². The molecule has 0 aliphatic rings. The second-order valence-corrected chi connectivity index (χ2v) is 3.84. The van der Waals surface area contributed by atoms with Crippen LogP contribution in [0.5, 0.6) is 0 Å². The third kappa shape index (κ3) is 3.37. The number of benzene rings is 1. The zero-order chi connectivity index (χ0) is 11.3. The normalized spacial score (nSPS) is 15.8. The SMILES string of the molecule is C=C[C@@H](C)[C@@H](O)C(C)=Cc1ccccc1. The van der Waals surface area contributed by atoms with Gasteiger partial charge in [-0.2, -0.15) is 0 Å². The van der Waals surface area contributed by atoms with Crippen LogP contribution in [0.1, 0.15) is 19.4 Å². The third-order valence-corrected chi connectivity index (χ3v) is 2.53. The Morgan fingerprint density at radius 3 is 2.47 bits per heavy atom. The van der Waals surface area contributed by atoms with Crippen LogP contribution >= 0.6 is 0 Å². The van der Waals surface area contributed by atoms with Gasteiger partial charge in [-0.1, -0.05) is 49.4 Å². The molecule has 0 saturated heterocycles. The Morgan fingerprint density at radius 1 is 1.33 bits per heavy atom. The quantitative estimate of drug-likeness (QED) is 0.743. The molecule has 0 unspecified atom stereocenters. The van der Waals surface area contributed by atoms with Gasteiger partial charge in [0.1, 0.15) is 0 Å². The maximum absolute atomic E-state index is 9.91. The van der Waals surface area contributed by atoms with Crippen LogP contribution in [0, 0.1) is 5.92 Å². The highest BCUT2D eigenvalue weighted by Crippen LogP contribution is 2.16. The van der Waals surface area contributed by atoms with Gasteiger partial charge in [0.2, 0.25) is 0 Å². The summed E-state index contributed by atoms with van der Waals surface area (Å²) < 4.78 is 0. The summed E-state index contributed by atoms with van der Waals surface area (Å²) in [6.45, 7) is 7.58. The molecule has 1 N–H and O–H groups in total. The second-order valence-electron chi connectivity index (χ2n) is 3.84. The van der Waals surface area contributed by atoms with Crippen LogP contribution < -0.4 is 0 Å². The first kappa shape index (κ1) is 11.7. The van der Waals surface area contributed by atoms with Crippen molar-refractivity contribution in [2.24, 2.45) is 5.92 Å². The highest BCUT2D eigenvalue weighted by molar-refractivity contribution is 5.53. The molecule has 1 aromatic rings. The van der Waals surface area contributed by atoms with Crippen LogP contribution in [0.25, 0.3) is 6.08 Å². The molecule has 0 bridgehead atoms. The molecule has 0 radical (unpaired) electrons. The molecule has 1 heteroatoms. The van der Waals surface area contributed by atoms with Crippen molar-refractivity contribution in [1.82, 2.24) is 0 Å². The Kier molecular flexibility index (Phi) is 4.32. The third-order valence-electron chi connectivity index (χ3n) is 2.53. The Bertz CT molecular complexity index is 338. The lowest BCUT2D eigenvalue weighted by Crippen LogP contribution is -2.16. The zero-order valence-corrected chi connectivity index (χ0v) is 9.35. The summed E-state index contributed by atoms with van der Waals surface area (Å²) >= 11 is 0. The van der Waals surface area contributed by atoms with Crippen molar-refractivity contribution in [3.05, 3.63) is 54.1 Å². The topological polar surface area (TPSA) is 20.2 Å². The van der Waals surface area contributed by atoms with Crippen molar-refractivity contribution < 1.29 is 5.11 Å². The van der Waals surface area contributed by atoms with Crippen molar-refractivity contribution in [3.63, 3.8) is 0 Å². The molecule has 0 amide bonds. The summed E-state index contributed by atoms with van der Waals surface area (Å²) in [6, 6.07) is 10.0. The molecule has 0 heterocycles. The number of hydrogen-bond donors (Lipinski definition) is 1. The minimum absolute atomic E-state index is 0.0879. The van der Waals surface area contributed by atoms with Gasteiger partial charge < -0.3 is 5.11 Å². The van der Waals surface area contributed by atoms with Crippen LogP contribution in [-0.2, 0) is 0 Å². The smallest absolute Gasteiger partial charge is 0.0810 e. The minimum atomic E-state index is -0.442. The van der Waals surface area contributed by atoms with Gasteiger partial charge in [-0.05, 0) is 18.1 Å². The minimum Gasteiger partial charge on any atom is -0.388 e. The van der Waals surface area contributed by atoms with E-state index in [-0.39, 0.29) is 5.92 Å². The molecule has 80 valence electrons. The van der Waals surface area contributed by atoms with E-state index in [2.05, 4.69) is 6.58 Å². The van der Waals surface area contributed by atoms with Crippen LogP contribution in [0.4, 0.5) is 0 Å². The van der Waals surface area contributed by atoms with Crippen LogP contribution in [-0.4, -0.2) is 11.2 Å². The first-order valence-electron chi connectivity index (χ1n) is 5.19. The van der Waals surface area contributed by atoms with Gasteiger partial charge in [0.05, 0.1) is 6.10 Å². The predicted octanol–water partition coefficient (Wildman–Crippen LogP) is 3.27. The fourth-order valence-electron chi connectivity index (χ4n) is 1.44. The van der Waals surface area contributed by atoms with E-state index in [1.54, 1.807) is 6.08 Å². The Labute approximate surface area is 91.8 Å². The summed E-state index contributed by atoms with van der Waals surface area (Å²) in [5.41, 5.74) is 2.08. The summed E-state index contributed by atoms with van der Waals surface area (Å²) in [7, 11) is 0. The standard InChI is InChI=1S/C14H18O/c1-4-11(2)14(15)12(3)10-13-8-6-5-7-9-13/h4-11,14-15H,1H2,2-3H3/t11-,14-/m1/s1. The molecule has 0 aliphatic heterocycles. The Morgan fingerprint density at radius 2 is 1.93 bits per heavy atom. The van der Waals surface area contributed by atoms with Crippen molar-refractivity contribution in [2.45, 2.75) is 20.0 Å². The fourth-order valence-corrected chi connectivity index (χ4v) is 1.44. The van der Waals surface area contributed by atoms with Gasteiger partial charge >= 0.3 is 0 Å². The molecule has 1 rings (SSSR count). The lowest BCUT2D eigenvalue weighted by atomic mass is 9.97. The molecular formula is C14H18O. The van der Waals surface area contributed by atoms with E-state index in [1.165, 1.54) is 0 Å². The van der Waals surface area contributed by atoms with Crippen molar-refractivity contribution in [2.75, 3.05) is 0 Å². The molecular weight excluding hydrogens is 184 g/mol. The highest BCUT2D eigenvalue weighted by Gasteiger charge is 2.12. The van der Waals surface area contributed by atoms with Gasteiger partial charge in [-0.15, -0.1) is 6.58 Å². The lowest BCUT2D eigenvalue weighted by Gasteiger charge is -2.15. The molecule has 0 fully saturated rings. The maximum atomic E-state index is 9.91. The average molecular weight is 202 g/mol. The van der Waals surface area contributed by atoms with E-state index in [9.17, 15) is 5.11 Å². The highest BCUT2D eigenvalue weighted by atomic mass is 16.3. The predicted molar refractivity (Wildman–Crippen MR) is 65.5 cm³/mol. The Hall–Kier alpha value is -1.34. The maximum Gasteiger partial charge on any atom is 0.0810 e. The molecule has 1 nitrogen and oxygen atoms in total. The number of aliphatic hydroxyl groups excluding tert-OH is 1. The molecule has 0 spiro atoms. The van der Waals surface area contributed by atoms with Crippen LogP contribution in [0.2, 0.25) is 0 Å². The molecule has 0 aromatic heterocycles. The van der Waals surface area contributed by atoms with E-state index in [4.69, 9.17) is 0 Å². The summed E-state index contributed by atoms with van der Waals surface area (Å²) in [5, 5.41) is 9.91. The van der Waals surface area contributed by atoms with Gasteiger partial charge in [0.15, 0.2) is 0 Å². The van der Waals surface area contributed by atoms with Gasteiger partial charge in [-0.25, -0.2) is 0 Å². The number of rotatable bonds is 4. The first-order valence-corrected chi connectivity index (χ1v) is 5.19. The van der Waals surface area contributed by atoms with E-state index >= 15 is 0 Å². The zero-order valence-electron chi connectivity index (χ0n) is 9.35.